The lowest BCUT2D eigenvalue weighted by Gasteiger charge is -2.20. The molecule has 4 nitrogen and oxygen atoms in total. The number of benzene rings is 1. The van der Waals surface area contributed by atoms with Gasteiger partial charge in [-0.05, 0) is 5.56 Å². The summed E-state index contributed by atoms with van der Waals surface area (Å²) in [7, 11) is 0. The smallest absolute Gasteiger partial charge is 0.347 e. The number of nitrogens with one attached hydrogen (secondary N) is 1. The number of halogens is 3. The van der Waals surface area contributed by atoms with Crippen LogP contribution in [-0.2, 0) is 11.3 Å². The highest BCUT2D eigenvalue weighted by atomic mass is 19.4. The molecule has 0 saturated heterocycles. The van der Waals surface area contributed by atoms with Gasteiger partial charge in [-0.1, -0.05) is 30.3 Å². The van der Waals surface area contributed by atoms with Gasteiger partial charge in [0.1, 0.15) is 6.42 Å². The van der Waals surface area contributed by atoms with Gasteiger partial charge < -0.3 is 9.88 Å². The molecule has 1 N–H and O–H groups in total. The maximum absolute atomic E-state index is 12.3. The quantitative estimate of drug-likeness (QED) is 0.922. The second kappa shape index (κ2) is 6.43. The van der Waals surface area contributed by atoms with E-state index in [1.54, 1.807) is 53.6 Å². The summed E-state index contributed by atoms with van der Waals surface area (Å²) < 4.78 is 38.5. The normalized spacial score (nSPS) is 12.9. The largest absolute Gasteiger partial charge is 0.397 e. The molecule has 0 aliphatic heterocycles. The molecule has 7 heteroatoms. The average Bonchev–Trinajstić information content (AvgIpc) is 2.90. The lowest BCUT2D eigenvalue weighted by molar-refractivity contribution is -0.154. The molecule has 1 aromatic heterocycles. The summed E-state index contributed by atoms with van der Waals surface area (Å²) in [5, 5.41) is 2.42. The minimum atomic E-state index is -4.51. The van der Waals surface area contributed by atoms with Crippen LogP contribution >= 0.6 is 0 Å². The minimum absolute atomic E-state index is 0.313. The molecule has 0 unspecified atom stereocenters. The van der Waals surface area contributed by atoms with E-state index in [9.17, 15) is 18.0 Å². The summed E-state index contributed by atoms with van der Waals surface area (Å²) in [6.07, 6.45) is -1.20. The van der Waals surface area contributed by atoms with Crippen molar-refractivity contribution in [3.05, 3.63) is 54.6 Å². The van der Waals surface area contributed by atoms with Crippen molar-refractivity contribution < 1.29 is 18.0 Å². The van der Waals surface area contributed by atoms with E-state index in [1.807, 2.05) is 0 Å². The van der Waals surface area contributed by atoms with Gasteiger partial charge in [0.15, 0.2) is 0 Å². The monoisotopic (exact) mass is 297 g/mol. The molecule has 2 aromatic rings. The molecular weight excluding hydrogens is 283 g/mol. The topological polar surface area (TPSA) is 46.9 Å². The Hall–Kier alpha value is -2.31. The van der Waals surface area contributed by atoms with Crippen LogP contribution in [0.25, 0.3) is 0 Å². The van der Waals surface area contributed by atoms with Crippen LogP contribution in [-0.4, -0.2) is 21.6 Å². The van der Waals surface area contributed by atoms with Gasteiger partial charge in [0.2, 0.25) is 5.91 Å². The van der Waals surface area contributed by atoms with Crippen LogP contribution in [0.1, 0.15) is 18.0 Å². The summed E-state index contributed by atoms with van der Waals surface area (Å²) >= 11 is 0. The van der Waals surface area contributed by atoms with E-state index < -0.39 is 24.5 Å². The van der Waals surface area contributed by atoms with Crippen LogP contribution in [0.2, 0.25) is 0 Å². The Morgan fingerprint density at radius 1 is 1.29 bits per heavy atom. The first kappa shape index (κ1) is 15.1. The van der Waals surface area contributed by atoms with E-state index in [0.29, 0.717) is 6.54 Å². The Bertz CT molecular complexity index is 567. The molecule has 1 amide bonds. The van der Waals surface area contributed by atoms with Gasteiger partial charge >= 0.3 is 6.18 Å². The van der Waals surface area contributed by atoms with E-state index >= 15 is 0 Å². The predicted molar refractivity (Wildman–Crippen MR) is 70.2 cm³/mol. The highest BCUT2D eigenvalue weighted by molar-refractivity contribution is 5.77. The zero-order valence-corrected chi connectivity index (χ0v) is 11.0. The molecule has 112 valence electrons. The van der Waals surface area contributed by atoms with E-state index in [2.05, 4.69) is 10.3 Å². The number of alkyl halides is 3. The molecule has 0 bridgehead atoms. The standard InChI is InChI=1S/C14H14F3N3O/c15-14(16,17)8-13(21)19-12(9-20-7-6-18-10-20)11-4-2-1-3-5-11/h1-7,10,12H,8-9H2,(H,19,21)/t12-/m1/s1. The number of carbonyl (C=O) groups excluding carboxylic acids is 1. The van der Waals surface area contributed by atoms with Gasteiger partial charge in [0.05, 0.1) is 12.4 Å². The van der Waals surface area contributed by atoms with Crippen LogP contribution in [0.5, 0.6) is 0 Å². The first-order chi connectivity index (χ1) is 9.94. The van der Waals surface area contributed by atoms with Crippen molar-refractivity contribution in [1.82, 2.24) is 14.9 Å². The lowest BCUT2D eigenvalue weighted by atomic mass is 10.1. The third-order valence-corrected chi connectivity index (χ3v) is 2.85. The number of carbonyl (C=O) groups is 1. The van der Waals surface area contributed by atoms with Gasteiger partial charge in [-0.2, -0.15) is 13.2 Å². The van der Waals surface area contributed by atoms with Gasteiger partial charge in [-0.3, -0.25) is 4.79 Å². The molecule has 21 heavy (non-hydrogen) atoms. The van der Waals surface area contributed by atoms with Gasteiger partial charge in [-0.25, -0.2) is 4.98 Å². The minimum Gasteiger partial charge on any atom is -0.347 e. The van der Waals surface area contributed by atoms with E-state index in [0.717, 1.165) is 5.56 Å². The number of hydrogen-bond acceptors (Lipinski definition) is 2. The molecule has 1 aromatic carbocycles. The maximum atomic E-state index is 12.3. The summed E-state index contributed by atoms with van der Waals surface area (Å²) in [4.78, 5) is 15.4. The summed E-state index contributed by atoms with van der Waals surface area (Å²) in [6, 6.07) is 8.31. The maximum Gasteiger partial charge on any atom is 0.397 e. The second-order valence-electron chi connectivity index (χ2n) is 4.58. The third kappa shape index (κ3) is 4.94. The number of imidazole rings is 1. The molecule has 1 heterocycles. The van der Waals surface area contributed by atoms with Crippen LogP contribution in [0.4, 0.5) is 13.2 Å². The third-order valence-electron chi connectivity index (χ3n) is 2.85. The van der Waals surface area contributed by atoms with Crippen LogP contribution in [0.3, 0.4) is 0 Å². The highest BCUT2D eigenvalue weighted by Crippen LogP contribution is 2.21. The van der Waals surface area contributed by atoms with Gasteiger partial charge in [0, 0.05) is 18.9 Å². The predicted octanol–water partition coefficient (Wildman–Crippen LogP) is 2.69. The van der Waals surface area contributed by atoms with E-state index in [-0.39, 0.29) is 0 Å². The molecule has 0 aliphatic carbocycles. The molecule has 2 rings (SSSR count). The highest BCUT2D eigenvalue weighted by Gasteiger charge is 2.32. The Kier molecular flexibility index (Phi) is 4.62. The number of nitrogens with zero attached hydrogens (tertiary/aromatic N) is 2. The molecule has 0 aliphatic rings. The Balaban J connectivity index is 2.11. The van der Waals surface area contributed by atoms with Crippen LogP contribution in [0, 0.1) is 0 Å². The molecule has 0 spiro atoms. The van der Waals surface area contributed by atoms with E-state index in [1.165, 1.54) is 0 Å². The molecule has 1 atom stereocenters. The lowest BCUT2D eigenvalue weighted by Crippen LogP contribution is -2.34. The number of amides is 1. The first-order valence-electron chi connectivity index (χ1n) is 6.31. The van der Waals surface area contributed by atoms with Crippen molar-refractivity contribution in [3.63, 3.8) is 0 Å². The fraction of sp³-hybridized carbons (Fsp3) is 0.286. The summed E-state index contributed by atoms with van der Waals surface area (Å²) in [5.41, 5.74) is 0.738. The molecule has 0 saturated carbocycles. The number of hydrogen-bond donors (Lipinski definition) is 1. The van der Waals surface area contributed by atoms with E-state index in [4.69, 9.17) is 0 Å². The zero-order chi connectivity index (χ0) is 15.3. The molecular formula is C14H14F3N3O. The fourth-order valence-electron chi connectivity index (χ4n) is 1.95. The fourth-order valence-corrected chi connectivity index (χ4v) is 1.95. The van der Waals surface area contributed by atoms with Gasteiger partial charge in [0.25, 0.3) is 0 Å². The molecule has 0 fully saturated rings. The first-order valence-corrected chi connectivity index (χ1v) is 6.31. The zero-order valence-electron chi connectivity index (χ0n) is 11.0. The van der Waals surface area contributed by atoms with Crippen LogP contribution in [0.15, 0.2) is 49.1 Å². The van der Waals surface area contributed by atoms with Crippen molar-refractivity contribution in [3.8, 4) is 0 Å². The number of rotatable bonds is 5. The van der Waals surface area contributed by atoms with Crippen molar-refractivity contribution in [2.75, 3.05) is 0 Å². The van der Waals surface area contributed by atoms with Gasteiger partial charge in [-0.15, -0.1) is 0 Å². The van der Waals surface area contributed by atoms with Crippen LogP contribution < -0.4 is 5.32 Å². The molecule has 0 radical (unpaired) electrons. The average molecular weight is 297 g/mol. The van der Waals surface area contributed by atoms with Crippen molar-refractivity contribution >= 4 is 5.91 Å². The SMILES string of the molecule is O=C(CC(F)(F)F)N[C@H](Cn1ccnc1)c1ccccc1. The Labute approximate surface area is 119 Å². The number of aromatic nitrogens is 2. The summed E-state index contributed by atoms with van der Waals surface area (Å²) in [5.74, 6) is -1.04. The van der Waals surface area contributed by atoms with Crippen molar-refractivity contribution in [1.29, 1.82) is 0 Å². The van der Waals surface area contributed by atoms with Crippen molar-refractivity contribution in [2.45, 2.75) is 25.2 Å². The second-order valence-corrected chi connectivity index (χ2v) is 4.58. The van der Waals surface area contributed by atoms with Crippen molar-refractivity contribution in [2.24, 2.45) is 0 Å². The Morgan fingerprint density at radius 3 is 2.57 bits per heavy atom. The summed E-state index contributed by atoms with van der Waals surface area (Å²) in [6.45, 7) is 0.313. The Morgan fingerprint density at radius 2 is 2.00 bits per heavy atom.